The van der Waals surface area contributed by atoms with E-state index in [0.717, 1.165) is 10.2 Å². The maximum atomic E-state index is 6.21. The molecule has 2 atom stereocenters. The molecular formula is C18H22BrNS. The Bertz CT molecular complexity index is 590. The van der Waals surface area contributed by atoms with Crippen LogP contribution in [0.1, 0.15) is 34.4 Å². The molecule has 2 N–H and O–H groups in total. The van der Waals surface area contributed by atoms with Crippen molar-refractivity contribution in [2.24, 2.45) is 5.73 Å². The summed E-state index contributed by atoms with van der Waals surface area (Å²) in [5.41, 5.74) is 11.5. The number of aryl methyl sites for hydroxylation is 2. The molecule has 0 saturated carbocycles. The summed E-state index contributed by atoms with van der Waals surface area (Å²) in [7, 11) is 0. The van der Waals surface area contributed by atoms with E-state index in [4.69, 9.17) is 5.73 Å². The van der Waals surface area contributed by atoms with Gasteiger partial charge in [-0.1, -0.05) is 57.4 Å². The van der Waals surface area contributed by atoms with Crippen LogP contribution < -0.4 is 5.73 Å². The summed E-state index contributed by atoms with van der Waals surface area (Å²) in [6.45, 7) is 6.39. The molecule has 2 aromatic rings. The molecule has 0 spiro atoms. The van der Waals surface area contributed by atoms with Crippen molar-refractivity contribution < 1.29 is 0 Å². The van der Waals surface area contributed by atoms with Gasteiger partial charge in [0.1, 0.15) is 0 Å². The lowest BCUT2D eigenvalue weighted by atomic mass is 10.1. The van der Waals surface area contributed by atoms with Gasteiger partial charge in [-0.25, -0.2) is 0 Å². The van der Waals surface area contributed by atoms with Gasteiger partial charge in [0.05, 0.1) is 0 Å². The number of nitrogens with two attached hydrogens (primary N) is 1. The lowest BCUT2D eigenvalue weighted by molar-refractivity contribution is 0.721. The van der Waals surface area contributed by atoms with Crippen molar-refractivity contribution in [3.63, 3.8) is 0 Å². The second kappa shape index (κ2) is 7.48. The molecule has 0 fully saturated rings. The fraction of sp³-hybridized carbons (Fsp3) is 0.333. The van der Waals surface area contributed by atoms with Gasteiger partial charge in [0, 0.05) is 21.5 Å². The van der Waals surface area contributed by atoms with E-state index < -0.39 is 0 Å². The van der Waals surface area contributed by atoms with Gasteiger partial charge in [0.25, 0.3) is 0 Å². The highest BCUT2D eigenvalue weighted by molar-refractivity contribution is 9.10. The van der Waals surface area contributed by atoms with Crippen LogP contribution in [-0.2, 0) is 5.75 Å². The molecular weight excluding hydrogens is 342 g/mol. The van der Waals surface area contributed by atoms with E-state index in [1.54, 1.807) is 0 Å². The second-order valence-corrected chi connectivity index (χ2v) is 7.69. The van der Waals surface area contributed by atoms with Crippen molar-refractivity contribution in [3.05, 3.63) is 69.2 Å². The average Bonchev–Trinajstić information content (AvgIpc) is 2.37. The Balaban J connectivity index is 2.14. The maximum absolute atomic E-state index is 6.21. The molecule has 2 rings (SSSR count). The summed E-state index contributed by atoms with van der Waals surface area (Å²) < 4.78 is 1.11. The first-order chi connectivity index (χ1) is 9.95. The van der Waals surface area contributed by atoms with Crippen LogP contribution in [0.3, 0.4) is 0 Å². The summed E-state index contributed by atoms with van der Waals surface area (Å²) in [6.07, 6.45) is 0. The molecule has 2 aromatic carbocycles. The highest BCUT2D eigenvalue weighted by Crippen LogP contribution is 2.35. The minimum atomic E-state index is 0.121. The summed E-state index contributed by atoms with van der Waals surface area (Å²) >= 11 is 5.46. The van der Waals surface area contributed by atoms with Crippen molar-refractivity contribution in [1.29, 1.82) is 0 Å². The molecule has 0 aliphatic carbocycles. The normalized spacial score (nSPS) is 14.0. The van der Waals surface area contributed by atoms with Crippen LogP contribution in [0.25, 0.3) is 0 Å². The number of halogens is 1. The van der Waals surface area contributed by atoms with Crippen LogP contribution in [0.15, 0.2) is 46.9 Å². The average molecular weight is 364 g/mol. The summed E-state index contributed by atoms with van der Waals surface area (Å²) in [5.74, 6) is 0.987. The minimum Gasteiger partial charge on any atom is -0.327 e. The highest BCUT2D eigenvalue weighted by Gasteiger charge is 2.17. The first-order valence-electron chi connectivity index (χ1n) is 7.15. The number of benzene rings is 2. The van der Waals surface area contributed by atoms with Crippen LogP contribution in [0.4, 0.5) is 0 Å². The van der Waals surface area contributed by atoms with Gasteiger partial charge in [-0.2, -0.15) is 0 Å². The third kappa shape index (κ3) is 4.87. The van der Waals surface area contributed by atoms with Crippen LogP contribution in [-0.4, -0.2) is 6.04 Å². The van der Waals surface area contributed by atoms with E-state index in [-0.39, 0.29) is 6.04 Å². The summed E-state index contributed by atoms with van der Waals surface area (Å²) in [6, 6.07) is 15.3. The SMILES string of the molecule is Cc1cc(C)cc(CSC(c2cccc(Br)c2)C(C)N)c1. The van der Waals surface area contributed by atoms with E-state index in [1.165, 1.54) is 22.3 Å². The van der Waals surface area contributed by atoms with Crippen molar-refractivity contribution in [2.75, 3.05) is 0 Å². The van der Waals surface area contributed by atoms with Crippen molar-refractivity contribution >= 4 is 27.7 Å². The Hall–Kier alpha value is -0.770. The van der Waals surface area contributed by atoms with E-state index in [0.29, 0.717) is 5.25 Å². The van der Waals surface area contributed by atoms with E-state index in [9.17, 15) is 0 Å². The molecule has 0 saturated heterocycles. The van der Waals surface area contributed by atoms with Gasteiger partial charge < -0.3 is 5.73 Å². The molecule has 0 bridgehead atoms. The lowest BCUT2D eigenvalue weighted by Gasteiger charge is -2.21. The summed E-state index contributed by atoms with van der Waals surface area (Å²) in [4.78, 5) is 0. The summed E-state index contributed by atoms with van der Waals surface area (Å²) in [5, 5.41) is 0.309. The quantitative estimate of drug-likeness (QED) is 0.770. The smallest absolute Gasteiger partial charge is 0.0449 e. The minimum absolute atomic E-state index is 0.121. The van der Waals surface area contributed by atoms with Crippen molar-refractivity contribution in [3.8, 4) is 0 Å². The molecule has 3 heteroatoms. The van der Waals surface area contributed by atoms with Crippen LogP contribution in [0, 0.1) is 13.8 Å². The third-order valence-corrected chi connectivity index (χ3v) is 5.42. The maximum Gasteiger partial charge on any atom is 0.0449 e. The lowest BCUT2D eigenvalue weighted by Crippen LogP contribution is -2.22. The number of hydrogen-bond acceptors (Lipinski definition) is 2. The van der Waals surface area contributed by atoms with E-state index in [2.05, 4.69) is 79.2 Å². The van der Waals surface area contributed by atoms with Crippen molar-refractivity contribution in [1.82, 2.24) is 0 Å². The molecule has 2 unspecified atom stereocenters. The monoisotopic (exact) mass is 363 g/mol. The zero-order valence-corrected chi connectivity index (χ0v) is 15.2. The zero-order valence-electron chi connectivity index (χ0n) is 12.8. The van der Waals surface area contributed by atoms with Gasteiger partial charge in [0.15, 0.2) is 0 Å². The fourth-order valence-electron chi connectivity index (χ4n) is 2.57. The molecule has 0 aliphatic rings. The molecule has 0 heterocycles. The highest BCUT2D eigenvalue weighted by atomic mass is 79.9. The molecule has 112 valence electrons. The van der Waals surface area contributed by atoms with E-state index >= 15 is 0 Å². The first kappa shape index (κ1) is 16.6. The van der Waals surface area contributed by atoms with Gasteiger partial charge >= 0.3 is 0 Å². The van der Waals surface area contributed by atoms with Gasteiger partial charge in [-0.05, 0) is 44.0 Å². The number of rotatable bonds is 5. The second-order valence-electron chi connectivity index (χ2n) is 5.64. The topological polar surface area (TPSA) is 26.0 Å². The van der Waals surface area contributed by atoms with Gasteiger partial charge in [-0.15, -0.1) is 11.8 Å². The Morgan fingerprint density at radius 1 is 1.10 bits per heavy atom. The zero-order chi connectivity index (χ0) is 15.4. The van der Waals surface area contributed by atoms with Crippen LogP contribution in [0.2, 0.25) is 0 Å². The Labute approximate surface area is 140 Å². The standard InChI is InChI=1S/C18H22BrNS/c1-12-7-13(2)9-15(8-12)11-21-18(14(3)20)16-5-4-6-17(19)10-16/h4-10,14,18H,11,20H2,1-3H3. The molecule has 0 aliphatic heterocycles. The third-order valence-electron chi connectivity index (χ3n) is 3.37. The molecule has 0 radical (unpaired) electrons. The van der Waals surface area contributed by atoms with Gasteiger partial charge in [0.2, 0.25) is 0 Å². The number of thioether (sulfide) groups is 1. The van der Waals surface area contributed by atoms with E-state index in [1.807, 2.05) is 11.8 Å². The van der Waals surface area contributed by atoms with Crippen molar-refractivity contribution in [2.45, 2.75) is 37.8 Å². The number of hydrogen-bond donors (Lipinski definition) is 1. The fourth-order valence-corrected chi connectivity index (χ4v) is 4.17. The van der Waals surface area contributed by atoms with Crippen LogP contribution in [0.5, 0.6) is 0 Å². The largest absolute Gasteiger partial charge is 0.327 e. The Morgan fingerprint density at radius 3 is 2.33 bits per heavy atom. The Kier molecular flexibility index (Phi) is 5.91. The first-order valence-corrected chi connectivity index (χ1v) is 8.99. The predicted molar refractivity (Wildman–Crippen MR) is 97.7 cm³/mol. The predicted octanol–water partition coefficient (Wildman–Crippen LogP) is 5.39. The molecule has 0 aromatic heterocycles. The molecule has 21 heavy (non-hydrogen) atoms. The van der Waals surface area contributed by atoms with Crippen LogP contribution >= 0.6 is 27.7 Å². The van der Waals surface area contributed by atoms with Gasteiger partial charge in [-0.3, -0.25) is 0 Å². The Morgan fingerprint density at radius 2 is 1.76 bits per heavy atom. The molecule has 1 nitrogen and oxygen atoms in total. The molecule has 0 amide bonds.